The van der Waals surface area contributed by atoms with E-state index in [-0.39, 0.29) is 11.3 Å². The zero-order valence-corrected chi connectivity index (χ0v) is 12.1. The molecule has 116 valence electrons. The van der Waals surface area contributed by atoms with Crippen LogP contribution in [0.5, 0.6) is 0 Å². The van der Waals surface area contributed by atoms with E-state index >= 15 is 0 Å². The number of nitrogens with zero attached hydrogens (tertiary/aromatic N) is 1. The lowest BCUT2D eigenvalue weighted by molar-refractivity contribution is -0.132. The van der Waals surface area contributed by atoms with Crippen molar-refractivity contribution >= 4 is 22.1 Å². The Hall–Kier alpha value is -2.48. The van der Waals surface area contributed by atoms with Gasteiger partial charge in [0, 0.05) is 17.8 Å². The van der Waals surface area contributed by atoms with E-state index in [9.17, 15) is 22.0 Å². The van der Waals surface area contributed by atoms with E-state index in [1.807, 2.05) is 0 Å². The number of aromatic nitrogens is 1. The summed E-state index contributed by atoms with van der Waals surface area (Å²) >= 11 is 0. The maximum atomic E-state index is 13.7. The van der Waals surface area contributed by atoms with E-state index in [2.05, 4.69) is 0 Å². The quantitative estimate of drug-likeness (QED) is 0.875. The molecule has 8 heteroatoms. The molecule has 0 radical (unpaired) electrons. The molecule has 5 nitrogen and oxygen atoms in total. The first-order valence-corrected chi connectivity index (χ1v) is 7.47. The van der Waals surface area contributed by atoms with Crippen LogP contribution in [0.2, 0.25) is 0 Å². The van der Waals surface area contributed by atoms with Gasteiger partial charge in [0.15, 0.2) is 0 Å². The predicted molar refractivity (Wildman–Crippen MR) is 74.7 cm³/mol. The zero-order chi connectivity index (χ0) is 16.5. The van der Waals surface area contributed by atoms with Crippen molar-refractivity contribution in [2.75, 3.05) is 0 Å². The summed E-state index contributed by atoms with van der Waals surface area (Å²) < 4.78 is 52.2. The first-order valence-electron chi connectivity index (χ1n) is 6.03. The van der Waals surface area contributed by atoms with Gasteiger partial charge in [0.1, 0.15) is 16.5 Å². The Morgan fingerprint density at radius 3 is 2.55 bits per heavy atom. The number of halogens is 2. The first-order chi connectivity index (χ1) is 10.2. The molecule has 0 bridgehead atoms. The molecule has 0 saturated heterocycles. The summed E-state index contributed by atoms with van der Waals surface area (Å²) in [6.07, 6.45) is 2.29. The number of benzene rings is 1. The molecule has 0 fully saturated rings. The average molecular weight is 327 g/mol. The van der Waals surface area contributed by atoms with Crippen molar-refractivity contribution in [2.45, 2.75) is 11.8 Å². The van der Waals surface area contributed by atoms with E-state index in [0.29, 0.717) is 6.07 Å². The molecule has 1 aromatic heterocycles. The Bertz CT molecular complexity index is 869. The van der Waals surface area contributed by atoms with Gasteiger partial charge in [0.05, 0.1) is 5.69 Å². The number of carbonyl (C=O) groups is 1. The predicted octanol–water partition coefficient (Wildman–Crippen LogP) is 2.49. The Morgan fingerprint density at radius 2 is 1.95 bits per heavy atom. The molecule has 0 spiro atoms. The minimum Gasteiger partial charge on any atom is -0.478 e. The first kappa shape index (κ1) is 15.9. The molecule has 1 aromatic carbocycles. The number of carboxylic acid groups (broad SMARTS) is 1. The third-order valence-corrected chi connectivity index (χ3v) is 4.61. The van der Waals surface area contributed by atoms with Crippen molar-refractivity contribution in [1.29, 1.82) is 0 Å². The molecule has 0 atom stereocenters. The number of hydrogen-bond acceptors (Lipinski definition) is 3. The molecule has 0 saturated carbocycles. The number of hydrogen-bond donors (Lipinski definition) is 1. The lowest BCUT2D eigenvalue weighted by Crippen LogP contribution is -2.15. The van der Waals surface area contributed by atoms with Crippen LogP contribution in [0.1, 0.15) is 12.6 Å². The van der Waals surface area contributed by atoms with Crippen LogP contribution in [-0.4, -0.2) is 23.5 Å². The third kappa shape index (κ3) is 2.91. The van der Waals surface area contributed by atoms with E-state index < -0.39 is 32.5 Å². The molecule has 2 aromatic rings. The number of carboxylic acids is 1. The molecular weight excluding hydrogens is 316 g/mol. The smallest absolute Gasteiger partial charge is 0.331 e. The normalized spacial score (nSPS) is 12.4. The fourth-order valence-electron chi connectivity index (χ4n) is 1.78. The molecule has 0 aliphatic rings. The van der Waals surface area contributed by atoms with Crippen molar-refractivity contribution in [3.63, 3.8) is 0 Å². The van der Waals surface area contributed by atoms with Gasteiger partial charge in [0.2, 0.25) is 0 Å². The van der Waals surface area contributed by atoms with Crippen LogP contribution in [-0.2, 0) is 14.8 Å². The molecule has 2 rings (SSSR count). The second kappa shape index (κ2) is 5.72. The van der Waals surface area contributed by atoms with Crippen molar-refractivity contribution in [3.05, 3.63) is 59.4 Å². The molecule has 0 unspecified atom stereocenters. The Balaban J connectivity index is 2.59. The van der Waals surface area contributed by atoms with Crippen LogP contribution >= 0.6 is 0 Å². The zero-order valence-electron chi connectivity index (χ0n) is 11.3. The van der Waals surface area contributed by atoms with Gasteiger partial charge < -0.3 is 5.11 Å². The van der Waals surface area contributed by atoms with Crippen molar-refractivity contribution in [1.82, 2.24) is 3.97 Å². The van der Waals surface area contributed by atoms with Crippen LogP contribution in [0, 0.1) is 11.6 Å². The SMILES string of the molecule is C/C(=C\c1cccn1S(=O)(=O)c1ccc(F)cc1F)C(=O)O. The Morgan fingerprint density at radius 1 is 1.27 bits per heavy atom. The van der Waals surface area contributed by atoms with Crippen LogP contribution in [0.15, 0.2) is 47.0 Å². The van der Waals surface area contributed by atoms with Gasteiger partial charge in [-0.2, -0.15) is 0 Å². The summed E-state index contributed by atoms with van der Waals surface area (Å²) in [5.41, 5.74) is -0.0432. The molecule has 0 aliphatic carbocycles. The third-order valence-electron chi connectivity index (χ3n) is 2.88. The summed E-state index contributed by atoms with van der Waals surface area (Å²) in [5, 5.41) is 8.84. The Labute approximate surface area is 125 Å². The van der Waals surface area contributed by atoms with Gasteiger partial charge in [-0.25, -0.2) is 26.0 Å². The minimum absolute atomic E-state index is 0.0450. The second-order valence-electron chi connectivity index (χ2n) is 4.44. The second-order valence-corrected chi connectivity index (χ2v) is 6.22. The average Bonchev–Trinajstić information content (AvgIpc) is 2.86. The summed E-state index contributed by atoms with van der Waals surface area (Å²) in [6.45, 7) is 1.30. The lowest BCUT2D eigenvalue weighted by atomic mass is 10.2. The van der Waals surface area contributed by atoms with Gasteiger partial charge in [-0.05, 0) is 37.3 Å². The monoisotopic (exact) mass is 327 g/mol. The maximum absolute atomic E-state index is 13.7. The fraction of sp³-hybridized carbons (Fsp3) is 0.0714. The van der Waals surface area contributed by atoms with E-state index in [4.69, 9.17) is 5.11 Å². The van der Waals surface area contributed by atoms with Gasteiger partial charge in [-0.1, -0.05) is 0 Å². The van der Waals surface area contributed by atoms with E-state index in [1.165, 1.54) is 19.1 Å². The van der Waals surface area contributed by atoms with Gasteiger partial charge in [-0.15, -0.1) is 0 Å². The van der Waals surface area contributed by atoms with Crippen LogP contribution in [0.25, 0.3) is 6.08 Å². The van der Waals surface area contributed by atoms with Crippen LogP contribution in [0.4, 0.5) is 8.78 Å². The summed E-state index contributed by atoms with van der Waals surface area (Å²) in [5.74, 6) is -3.33. The van der Waals surface area contributed by atoms with Crippen LogP contribution in [0.3, 0.4) is 0 Å². The highest BCUT2D eigenvalue weighted by molar-refractivity contribution is 7.90. The van der Waals surface area contributed by atoms with Gasteiger partial charge in [0.25, 0.3) is 10.0 Å². The van der Waals surface area contributed by atoms with Crippen molar-refractivity contribution < 1.29 is 27.1 Å². The molecule has 22 heavy (non-hydrogen) atoms. The van der Waals surface area contributed by atoms with Crippen molar-refractivity contribution in [3.8, 4) is 0 Å². The molecule has 0 amide bonds. The van der Waals surface area contributed by atoms with Gasteiger partial charge >= 0.3 is 5.97 Å². The van der Waals surface area contributed by atoms with E-state index in [0.717, 1.165) is 28.4 Å². The number of rotatable bonds is 4. The highest BCUT2D eigenvalue weighted by atomic mass is 32.2. The van der Waals surface area contributed by atoms with Crippen molar-refractivity contribution in [2.24, 2.45) is 0 Å². The van der Waals surface area contributed by atoms with E-state index in [1.54, 1.807) is 0 Å². The summed E-state index contributed by atoms with van der Waals surface area (Å²) in [4.78, 5) is 10.1. The topological polar surface area (TPSA) is 76.4 Å². The molecule has 1 heterocycles. The summed E-state index contributed by atoms with van der Waals surface area (Å²) in [6, 6.07) is 4.86. The largest absolute Gasteiger partial charge is 0.478 e. The number of aliphatic carboxylic acids is 1. The lowest BCUT2D eigenvalue weighted by Gasteiger charge is -2.09. The molecule has 0 aliphatic heterocycles. The fourth-order valence-corrected chi connectivity index (χ4v) is 3.16. The standard InChI is InChI=1S/C14H11F2NO4S/c1-9(14(18)19)7-11-3-2-6-17(11)22(20,21)13-5-4-10(15)8-12(13)16/h2-8H,1H3,(H,18,19)/b9-7+. The minimum atomic E-state index is -4.31. The summed E-state index contributed by atoms with van der Waals surface area (Å²) in [7, 11) is -4.31. The Kier molecular flexibility index (Phi) is 4.14. The highest BCUT2D eigenvalue weighted by Crippen LogP contribution is 2.21. The van der Waals surface area contributed by atoms with Gasteiger partial charge in [-0.3, -0.25) is 0 Å². The van der Waals surface area contributed by atoms with Crippen LogP contribution < -0.4 is 0 Å². The molecule has 1 N–H and O–H groups in total. The molecular formula is C14H11F2NO4S. The maximum Gasteiger partial charge on any atom is 0.331 e. The highest BCUT2D eigenvalue weighted by Gasteiger charge is 2.23.